The van der Waals surface area contributed by atoms with E-state index in [1.54, 1.807) is 42.7 Å². The van der Waals surface area contributed by atoms with E-state index in [1.165, 1.54) is 7.11 Å². The van der Waals surface area contributed by atoms with Crippen LogP contribution in [0, 0.1) is 0 Å². The first-order chi connectivity index (χ1) is 12.7. The van der Waals surface area contributed by atoms with Crippen molar-refractivity contribution in [3.8, 4) is 0 Å². The Bertz CT molecular complexity index is 760. The highest BCUT2D eigenvalue weighted by Gasteiger charge is 2.21. The molecule has 0 spiro atoms. The van der Waals surface area contributed by atoms with Crippen molar-refractivity contribution in [1.29, 1.82) is 0 Å². The van der Waals surface area contributed by atoms with Crippen LogP contribution in [-0.2, 0) is 9.53 Å². The average molecular weight is 355 g/mol. The SMILES string of the molecule is COC(=O)c1ccccc1NC(=O)CN1CCN(c2ncccn2)CC1. The van der Waals surface area contributed by atoms with E-state index in [2.05, 4.69) is 25.1 Å². The summed E-state index contributed by atoms with van der Waals surface area (Å²) in [5.41, 5.74) is 0.801. The lowest BCUT2D eigenvalue weighted by molar-refractivity contribution is -0.117. The molecule has 0 saturated carbocycles. The zero-order chi connectivity index (χ0) is 18.4. The minimum absolute atomic E-state index is 0.161. The number of hydrogen-bond acceptors (Lipinski definition) is 7. The second kappa shape index (κ2) is 8.39. The Morgan fingerprint density at radius 2 is 1.77 bits per heavy atom. The number of piperazine rings is 1. The smallest absolute Gasteiger partial charge is 0.339 e. The van der Waals surface area contributed by atoms with E-state index in [0.717, 1.165) is 26.2 Å². The number of benzene rings is 1. The molecule has 0 atom stereocenters. The van der Waals surface area contributed by atoms with Gasteiger partial charge in [-0.05, 0) is 18.2 Å². The summed E-state index contributed by atoms with van der Waals surface area (Å²) >= 11 is 0. The van der Waals surface area contributed by atoms with Crippen molar-refractivity contribution in [3.05, 3.63) is 48.3 Å². The van der Waals surface area contributed by atoms with Gasteiger partial charge in [-0.2, -0.15) is 0 Å². The molecule has 1 amide bonds. The number of amides is 1. The zero-order valence-corrected chi connectivity index (χ0v) is 14.6. The van der Waals surface area contributed by atoms with Crippen LogP contribution in [0.1, 0.15) is 10.4 Å². The molecular weight excluding hydrogens is 334 g/mol. The first-order valence-corrected chi connectivity index (χ1v) is 8.39. The molecule has 0 aliphatic carbocycles. The fourth-order valence-electron chi connectivity index (χ4n) is 2.83. The van der Waals surface area contributed by atoms with Gasteiger partial charge < -0.3 is 15.0 Å². The van der Waals surface area contributed by atoms with Gasteiger partial charge in [-0.15, -0.1) is 0 Å². The van der Waals surface area contributed by atoms with Gasteiger partial charge in [0.1, 0.15) is 0 Å². The molecule has 0 radical (unpaired) electrons. The van der Waals surface area contributed by atoms with Gasteiger partial charge in [0.25, 0.3) is 0 Å². The predicted molar refractivity (Wildman–Crippen MR) is 97.1 cm³/mol. The van der Waals surface area contributed by atoms with Gasteiger partial charge in [-0.3, -0.25) is 9.69 Å². The van der Waals surface area contributed by atoms with Crippen molar-refractivity contribution in [2.45, 2.75) is 0 Å². The van der Waals surface area contributed by atoms with Crippen LogP contribution in [0.5, 0.6) is 0 Å². The molecule has 1 aromatic carbocycles. The highest BCUT2D eigenvalue weighted by Crippen LogP contribution is 2.16. The molecule has 8 nitrogen and oxygen atoms in total. The fraction of sp³-hybridized carbons (Fsp3) is 0.333. The fourth-order valence-corrected chi connectivity index (χ4v) is 2.83. The number of anilines is 2. The maximum atomic E-state index is 12.4. The number of methoxy groups -OCH3 is 1. The lowest BCUT2D eigenvalue weighted by Crippen LogP contribution is -2.49. The van der Waals surface area contributed by atoms with Crippen LogP contribution < -0.4 is 10.2 Å². The minimum atomic E-state index is -0.475. The molecule has 136 valence electrons. The molecule has 1 fully saturated rings. The van der Waals surface area contributed by atoms with Crippen molar-refractivity contribution in [1.82, 2.24) is 14.9 Å². The summed E-state index contributed by atoms with van der Waals surface area (Å²) < 4.78 is 4.74. The third-order valence-corrected chi connectivity index (χ3v) is 4.18. The highest BCUT2D eigenvalue weighted by molar-refractivity contribution is 6.01. The summed E-state index contributed by atoms with van der Waals surface area (Å²) in [6.07, 6.45) is 3.45. The first-order valence-electron chi connectivity index (χ1n) is 8.39. The topological polar surface area (TPSA) is 87.7 Å². The van der Waals surface area contributed by atoms with Crippen molar-refractivity contribution >= 4 is 23.5 Å². The van der Waals surface area contributed by atoms with Crippen LogP contribution in [-0.4, -0.2) is 66.6 Å². The van der Waals surface area contributed by atoms with E-state index in [0.29, 0.717) is 17.2 Å². The number of aromatic nitrogens is 2. The summed E-state index contributed by atoms with van der Waals surface area (Å²) in [5, 5.41) is 2.80. The number of esters is 1. The molecule has 1 aliphatic heterocycles. The second-order valence-electron chi connectivity index (χ2n) is 5.90. The summed E-state index contributed by atoms with van der Waals surface area (Å²) in [7, 11) is 1.32. The summed E-state index contributed by atoms with van der Waals surface area (Å²) in [6, 6.07) is 8.60. The maximum Gasteiger partial charge on any atom is 0.339 e. The molecule has 8 heteroatoms. The monoisotopic (exact) mass is 355 g/mol. The number of carbonyl (C=O) groups is 2. The molecule has 2 heterocycles. The van der Waals surface area contributed by atoms with Crippen molar-refractivity contribution in [2.24, 2.45) is 0 Å². The normalized spacial score (nSPS) is 14.7. The Kier molecular flexibility index (Phi) is 5.75. The first kappa shape index (κ1) is 17.8. The van der Waals surface area contributed by atoms with Crippen LogP contribution in [0.3, 0.4) is 0 Å². The van der Waals surface area contributed by atoms with E-state index in [1.807, 2.05) is 0 Å². The largest absolute Gasteiger partial charge is 0.465 e. The van der Waals surface area contributed by atoms with E-state index >= 15 is 0 Å². The summed E-state index contributed by atoms with van der Waals surface area (Å²) in [4.78, 5) is 36.8. The number of ether oxygens (including phenoxy) is 1. The van der Waals surface area contributed by atoms with Crippen LogP contribution in [0.15, 0.2) is 42.7 Å². The van der Waals surface area contributed by atoms with E-state index in [4.69, 9.17) is 4.74 Å². The lowest BCUT2D eigenvalue weighted by atomic mass is 10.2. The molecule has 3 rings (SSSR count). The Balaban J connectivity index is 1.53. The third kappa shape index (κ3) is 4.34. The van der Waals surface area contributed by atoms with E-state index in [9.17, 15) is 9.59 Å². The summed E-state index contributed by atoms with van der Waals surface area (Å²) in [5.74, 6) is 0.0757. The molecule has 26 heavy (non-hydrogen) atoms. The number of rotatable bonds is 5. The molecule has 1 saturated heterocycles. The van der Waals surface area contributed by atoms with Crippen LogP contribution >= 0.6 is 0 Å². The van der Waals surface area contributed by atoms with Crippen molar-refractivity contribution < 1.29 is 14.3 Å². The van der Waals surface area contributed by atoms with Crippen LogP contribution in [0.2, 0.25) is 0 Å². The molecule has 0 unspecified atom stereocenters. The Hall–Kier alpha value is -3.00. The zero-order valence-electron chi connectivity index (χ0n) is 14.6. The molecule has 2 aromatic rings. The van der Waals surface area contributed by atoms with Crippen molar-refractivity contribution in [3.63, 3.8) is 0 Å². The van der Waals surface area contributed by atoms with Gasteiger partial charge in [0.2, 0.25) is 11.9 Å². The molecule has 1 aliphatic rings. The molecule has 1 N–H and O–H groups in total. The lowest BCUT2D eigenvalue weighted by Gasteiger charge is -2.34. The van der Waals surface area contributed by atoms with Gasteiger partial charge in [0.05, 0.1) is 24.9 Å². The number of hydrogen-bond donors (Lipinski definition) is 1. The van der Waals surface area contributed by atoms with Gasteiger partial charge in [-0.1, -0.05) is 12.1 Å². The molecular formula is C18H21N5O3. The van der Waals surface area contributed by atoms with Gasteiger partial charge in [-0.25, -0.2) is 14.8 Å². The predicted octanol–water partition coefficient (Wildman–Crippen LogP) is 1.02. The number of carbonyl (C=O) groups excluding carboxylic acids is 2. The number of para-hydroxylation sites is 1. The maximum absolute atomic E-state index is 12.4. The molecule has 0 bridgehead atoms. The number of nitrogens with zero attached hydrogens (tertiary/aromatic N) is 4. The molecule has 1 aromatic heterocycles. The van der Waals surface area contributed by atoms with Gasteiger partial charge in [0.15, 0.2) is 0 Å². The Morgan fingerprint density at radius 1 is 1.08 bits per heavy atom. The standard InChI is InChI=1S/C18H21N5O3/c1-26-17(25)14-5-2-3-6-15(14)21-16(24)13-22-9-11-23(12-10-22)18-19-7-4-8-20-18/h2-8H,9-13H2,1H3,(H,21,24). The van der Waals surface area contributed by atoms with Crippen LogP contribution in [0.4, 0.5) is 11.6 Å². The minimum Gasteiger partial charge on any atom is -0.465 e. The quantitative estimate of drug-likeness (QED) is 0.801. The van der Waals surface area contributed by atoms with Crippen LogP contribution in [0.25, 0.3) is 0 Å². The highest BCUT2D eigenvalue weighted by atomic mass is 16.5. The van der Waals surface area contributed by atoms with E-state index in [-0.39, 0.29) is 12.5 Å². The van der Waals surface area contributed by atoms with E-state index < -0.39 is 5.97 Å². The van der Waals surface area contributed by atoms with Gasteiger partial charge in [0, 0.05) is 38.6 Å². The average Bonchev–Trinajstić information content (AvgIpc) is 2.69. The number of nitrogens with one attached hydrogen (secondary N) is 1. The summed E-state index contributed by atoms with van der Waals surface area (Å²) in [6.45, 7) is 3.26. The Morgan fingerprint density at radius 3 is 2.46 bits per heavy atom. The second-order valence-corrected chi connectivity index (χ2v) is 5.90. The van der Waals surface area contributed by atoms with Gasteiger partial charge >= 0.3 is 5.97 Å². The Labute approximate surface area is 151 Å². The van der Waals surface area contributed by atoms with Crippen molar-refractivity contribution in [2.75, 3.05) is 50.1 Å². The third-order valence-electron chi connectivity index (χ3n) is 4.18.